The molecule has 1 aromatic heterocycles. The van der Waals surface area contributed by atoms with Crippen molar-refractivity contribution < 1.29 is 9.21 Å². The van der Waals surface area contributed by atoms with Crippen molar-refractivity contribution in [2.75, 3.05) is 13.1 Å². The number of nitrogens with one attached hydrogen (secondary N) is 1. The van der Waals surface area contributed by atoms with E-state index in [-0.39, 0.29) is 11.8 Å². The van der Waals surface area contributed by atoms with Gasteiger partial charge in [-0.2, -0.15) is 0 Å². The number of nitrogens with zero attached hydrogens (tertiary/aromatic N) is 1. The number of nitrogens with two attached hydrogens (primary N) is 1. The Labute approximate surface area is 110 Å². The van der Waals surface area contributed by atoms with Crippen molar-refractivity contribution in [3.63, 3.8) is 0 Å². The van der Waals surface area contributed by atoms with Crippen molar-refractivity contribution in [2.45, 2.75) is 6.92 Å². The number of oxazole rings is 1. The van der Waals surface area contributed by atoms with Crippen molar-refractivity contribution in [1.82, 2.24) is 9.88 Å². The van der Waals surface area contributed by atoms with Crippen LogP contribution in [0.3, 0.4) is 0 Å². The van der Waals surface area contributed by atoms with Gasteiger partial charge in [-0.1, -0.05) is 6.92 Å². The maximum Gasteiger partial charge on any atom is 0.419 e. The largest absolute Gasteiger partial charge is 0.419 e. The van der Waals surface area contributed by atoms with E-state index in [1.165, 1.54) is 4.57 Å². The molecule has 1 amide bonds. The Balaban J connectivity index is 2.21. The predicted octanol–water partition coefficient (Wildman–Crippen LogP) is 0.456. The lowest BCUT2D eigenvalue weighted by Gasteiger charge is -2.09. The first-order valence-corrected chi connectivity index (χ1v) is 6.10. The van der Waals surface area contributed by atoms with Gasteiger partial charge in [0.2, 0.25) is 0 Å². The van der Waals surface area contributed by atoms with Crippen LogP contribution in [0.25, 0.3) is 11.1 Å². The van der Waals surface area contributed by atoms with Gasteiger partial charge in [0.1, 0.15) is 0 Å². The molecule has 1 heterocycles. The first-order chi connectivity index (χ1) is 9.02. The van der Waals surface area contributed by atoms with Gasteiger partial charge in [0, 0.05) is 19.2 Å². The zero-order valence-corrected chi connectivity index (χ0v) is 11.0. The molecule has 0 aliphatic carbocycles. The number of aryl methyl sites for hydroxylation is 1. The van der Waals surface area contributed by atoms with Gasteiger partial charge in [0.05, 0.1) is 5.52 Å². The number of hydrogen-bond acceptors (Lipinski definition) is 4. The molecule has 0 saturated heterocycles. The number of hydrogen-bond donors (Lipinski definition) is 2. The third-order valence-electron chi connectivity index (χ3n) is 3.07. The Morgan fingerprint density at radius 1 is 1.53 bits per heavy atom. The fourth-order valence-electron chi connectivity index (χ4n) is 1.73. The van der Waals surface area contributed by atoms with Gasteiger partial charge in [-0.05, 0) is 30.7 Å². The summed E-state index contributed by atoms with van der Waals surface area (Å²) < 4.78 is 6.44. The summed E-state index contributed by atoms with van der Waals surface area (Å²) in [5, 5.41) is 2.79. The lowest BCUT2D eigenvalue weighted by Crippen LogP contribution is -2.31. The molecule has 0 saturated carbocycles. The van der Waals surface area contributed by atoms with Gasteiger partial charge in [0.25, 0.3) is 5.91 Å². The number of fused-ring (bicyclic) bond motifs is 1. The minimum atomic E-state index is -0.440. The summed E-state index contributed by atoms with van der Waals surface area (Å²) in [5.41, 5.74) is 7.02. The fourth-order valence-corrected chi connectivity index (χ4v) is 1.73. The highest BCUT2D eigenvalue weighted by Gasteiger charge is 2.11. The van der Waals surface area contributed by atoms with E-state index in [1.807, 2.05) is 6.92 Å². The summed E-state index contributed by atoms with van der Waals surface area (Å²) in [4.78, 5) is 23.3. The summed E-state index contributed by atoms with van der Waals surface area (Å²) in [5.74, 6) is -0.416. The lowest BCUT2D eigenvalue weighted by molar-refractivity contribution is 0.0948. The van der Waals surface area contributed by atoms with Crippen molar-refractivity contribution in [1.29, 1.82) is 0 Å². The third-order valence-corrected chi connectivity index (χ3v) is 3.07. The second-order valence-corrected chi connectivity index (χ2v) is 4.66. The minimum Gasteiger partial charge on any atom is -0.408 e. The summed E-state index contributed by atoms with van der Waals surface area (Å²) in [6.45, 7) is 3.00. The van der Waals surface area contributed by atoms with Crippen LogP contribution in [-0.4, -0.2) is 23.6 Å². The van der Waals surface area contributed by atoms with Gasteiger partial charge in [-0.3, -0.25) is 9.36 Å². The summed E-state index contributed by atoms with van der Waals surface area (Å²) in [6.07, 6.45) is 0. The number of rotatable bonds is 4. The van der Waals surface area contributed by atoms with E-state index in [9.17, 15) is 9.59 Å². The van der Waals surface area contributed by atoms with Crippen LogP contribution in [0.1, 0.15) is 17.3 Å². The van der Waals surface area contributed by atoms with Crippen molar-refractivity contribution in [2.24, 2.45) is 18.7 Å². The van der Waals surface area contributed by atoms with Crippen molar-refractivity contribution >= 4 is 17.0 Å². The quantitative estimate of drug-likeness (QED) is 0.838. The second kappa shape index (κ2) is 5.27. The molecule has 0 aliphatic heterocycles. The van der Waals surface area contributed by atoms with Crippen LogP contribution in [0.4, 0.5) is 0 Å². The maximum atomic E-state index is 11.9. The molecular formula is C13H17N3O3. The van der Waals surface area contributed by atoms with E-state index in [0.717, 1.165) is 0 Å². The van der Waals surface area contributed by atoms with Gasteiger partial charge in [-0.25, -0.2) is 4.79 Å². The zero-order valence-electron chi connectivity index (χ0n) is 11.0. The predicted molar refractivity (Wildman–Crippen MR) is 72.0 cm³/mol. The van der Waals surface area contributed by atoms with Gasteiger partial charge in [-0.15, -0.1) is 0 Å². The molecule has 3 N–H and O–H groups in total. The van der Waals surface area contributed by atoms with E-state index in [1.54, 1.807) is 25.2 Å². The molecule has 1 atom stereocenters. The maximum absolute atomic E-state index is 11.9. The standard InChI is InChI=1S/C13H17N3O3/c1-8(6-14)7-15-12(17)9-3-4-10-11(5-9)19-13(18)16(10)2/h3-5,8H,6-7,14H2,1-2H3,(H,15,17). The molecule has 0 bridgehead atoms. The SMILES string of the molecule is CC(CN)CNC(=O)c1ccc2c(c1)oc(=O)n2C. The molecule has 0 radical (unpaired) electrons. The molecule has 19 heavy (non-hydrogen) atoms. The Bertz CT molecular complexity index is 657. The first-order valence-electron chi connectivity index (χ1n) is 6.10. The van der Waals surface area contributed by atoms with Gasteiger partial charge < -0.3 is 15.5 Å². The van der Waals surface area contributed by atoms with Crippen molar-refractivity contribution in [3.05, 3.63) is 34.3 Å². The average Bonchev–Trinajstić information content (AvgIpc) is 2.70. The molecule has 102 valence electrons. The smallest absolute Gasteiger partial charge is 0.408 e. The molecule has 2 aromatic rings. The normalized spacial score (nSPS) is 12.6. The van der Waals surface area contributed by atoms with E-state index in [0.29, 0.717) is 29.8 Å². The zero-order chi connectivity index (χ0) is 14.0. The van der Waals surface area contributed by atoms with Crippen LogP contribution in [0.5, 0.6) is 0 Å². The van der Waals surface area contributed by atoms with Crippen LogP contribution < -0.4 is 16.8 Å². The monoisotopic (exact) mass is 263 g/mol. The average molecular weight is 263 g/mol. The molecular weight excluding hydrogens is 246 g/mol. The second-order valence-electron chi connectivity index (χ2n) is 4.66. The highest BCUT2D eigenvalue weighted by atomic mass is 16.4. The van der Waals surface area contributed by atoms with E-state index < -0.39 is 5.76 Å². The van der Waals surface area contributed by atoms with E-state index in [4.69, 9.17) is 10.2 Å². The number of benzene rings is 1. The van der Waals surface area contributed by atoms with Crippen LogP contribution in [0, 0.1) is 5.92 Å². The van der Waals surface area contributed by atoms with E-state index >= 15 is 0 Å². The molecule has 0 aliphatic rings. The molecule has 2 rings (SSSR count). The molecule has 6 heteroatoms. The van der Waals surface area contributed by atoms with Gasteiger partial charge in [0.15, 0.2) is 5.58 Å². The molecule has 1 aromatic carbocycles. The lowest BCUT2D eigenvalue weighted by atomic mass is 10.1. The number of amides is 1. The fraction of sp³-hybridized carbons (Fsp3) is 0.385. The third kappa shape index (κ3) is 2.68. The van der Waals surface area contributed by atoms with Crippen molar-refractivity contribution in [3.8, 4) is 0 Å². The van der Waals surface area contributed by atoms with E-state index in [2.05, 4.69) is 5.32 Å². The highest BCUT2D eigenvalue weighted by molar-refractivity contribution is 5.97. The Hall–Kier alpha value is -2.08. The summed E-state index contributed by atoms with van der Waals surface area (Å²) in [7, 11) is 1.62. The molecule has 1 unspecified atom stereocenters. The molecule has 6 nitrogen and oxygen atoms in total. The topological polar surface area (TPSA) is 90.3 Å². The summed E-state index contributed by atoms with van der Waals surface area (Å²) in [6, 6.07) is 4.93. The Morgan fingerprint density at radius 3 is 2.95 bits per heavy atom. The van der Waals surface area contributed by atoms with Crippen LogP contribution in [-0.2, 0) is 7.05 Å². The highest BCUT2D eigenvalue weighted by Crippen LogP contribution is 2.14. The molecule has 0 spiro atoms. The Kier molecular flexibility index (Phi) is 3.71. The van der Waals surface area contributed by atoms with Crippen LogP contribution in [0.15, 0.2) is 27.4 Å². The number of aromatic nitrogens is 1. The molecule has 0 fully saturated rings. The number of carbonyl (C=O) groups excluding carboxylic acids is 1. The Morgan fingerprint density at radius 2 is 2.26 bits per heavy atom. The van der Waals surface area contributed by atoms with Gasteiger partial charge >= 0.3 is 5.76 Å². The van der Waals surface area contributed by atoms with Crippen LogP contribution in [0.2, 0.25) is 0 Å². The summed E-state index contributed by atoms with van der Waals surface area (Å²) >= 11 is 0. The number of carbonyl (C=O) groups is 1. The van der Waals surface area contributed by atoms with Crippen LogP contribution >= 0.6 is 0 Å². The minimum absolute atomic E-state index is 0.200. The first kappa shape index (κ1) is 13.4.